The highest BCUT2D eigenvalue weighted by Crippen LogP contribution is 2.19. The van der Waals surface area contributed by atoms with Crippen molar-refractivity contribution >= 4 is 17.5 Å². The maximum Gasteiger partial charge on any atom is 0.252 e. The van der Waals surface area contributed by atoms with Gasteiger partial charge in [0.15, 0.2) is 0 Å². The molecule has 1 atom stereocenters. The monoisotopic (exact) mass is 263 g/mol. The van der Waals surface area contributed by atoms with Gasteiger partial charge in [-0.2, -0.15) is 0 Å². The summed E-state index contributed by atoms with van der Waals surface area (Å²) in [5.41, 5.74) is 1.37. The standard InChI is InChI=1S/C13H14ClN3O/c1-8-10(4-3-5-11(8)14)13(18)17-9(2)12-15-6-7-16-12/h3-7,9H,1-2H3,(H,15,16)(H,17,18). The molecule has 2 rings (SSSR count). The van der Waals surface area contributed by atoms with Crippen LogP contribution < -0.4 is 5.32 Å². The Bertz CT molecular complexity index is 551. The molecule has 2 N–H and O–H groups in total. The summed E-state index contributed by atoms with van der Waals surface area (Å²) >= 11 is 6.00. The normalized spacial score (nSPS) is 12.2. The van der Waals surface area contributed by atoms with Gasteiger partial charge in [-0.15, -0.1) is 0 Å². The topological polar surface area (TPSA) is 57.8 Å². The second-order valence-electron chi connectivity index (χ2n) is 4.08. The number of carbonyl (C=O) groups excluding carboxylic acids is 1. The van der Waals surface area contributed by atoms with Crippen molar-refractivity contribution in [3.8, 4) is 0 Å². The number of rotatable bonds is 3. The molecule has 0 aliphatic heterocycles. The Hall–Kier alpha value is -1.81. The van der Waals surface area contributed by atoms with E-state index in [1.807, 2.05) is 13.8 Å². The molecule has 1 unspecified atom stereocenters. The number of halogens is 1. The molecule has 1 aromatic heterocycles. The Labute approximate surface area is 110 Å². The van der Waals surface area contributed by atoms with Crippen LogP contribution in [0, 0.1) is 6.92 Å². The number of aromatic amines is 1. The molecule has 0 bridgehead atoms. The number of imidazole rings is 1. The van der Waals surface area contributed by atoms with Gasteiger partial charge in [0.25, 0.3) is 5.91 Å². The van der Waals surface area contributed by atoms with E-state index in [1.54, 1.807) is 30.6 Å². The minimum atomic E-state index is -0.175. The lowest BCUT2D eigenvalue weighted by atomic mass is 10.1. The molecule has 0 aliphatic carbocycles. The first kappa shape index (κ1) is 12.6. The summed E-state index contributed by atoms with van der Waals surface area (Å²) in [7, 11) is 0. The Kier molecular flexibility index (Phi) is 3.67. The van der Waals surface area contributed by atoms with Gasteiger partial charge in [-0.05, 0) is 31.5 Å². The summed E-state index contributed by atoms with van der Waals surface area (Å²) in [5, 5.41) is 3.47. The van der Waals surface area contributed by atoms with E-state index in [0.717, 1.165) is 11.4 Å². The quantitative estimate of drug-likeness (QED) is 0.895. The third-order valence-electron chi connectivity index (χ3n) is 2.79. The van der Waals surface area contributed by atoms with E-state index in [1.165, 1.54) is 0 Å². The predicted molar refractivity (Wildman–Crippen MR) is 70.7 cm³/mol. The Morgan fingerprint density at radius 2 is 2.28 bits per heavy atom. The number of hydrogen-bond acceptors (Lipinski definition) is 2. The fourth-order valence-corrected chi connectivity index (χ4v) is 1.89. The molecule has 0 radical (unpaired) electrons. The van der Waals surface area contributed by atoms with Crippen molar-refractivity contribution in [2.24, 2.45) is 0 Å². The van der Waals surface area contributed by atoms with Gasteiger partial charge in [0.2, 0.25) is 0 Å². The van der Waals surface area contributed by atoms with Crippen molar-refractivity contribution in [1.82, 2.24) is 15.3 Å². The van der Waals surface area contributed by atoms with Crippen LogP contribution in [0.15, 0.2) is 30.6 Å². The average Bonchev–Trinajstić information content (AvgIpc) is 2.86. The van der Waals surface area contributed by atoms with Crippen LogP contribution in [0.25, 0.3) is 0 Å². The van der Waals surface area contributed by atoms with Crippen LogP contribution in [-0.4, -0.2) is 15.9 Å². The van der Waals surface area contributed by atoms with E-state index in [9.17, 15) is 4.79 Å². The van der Waals surface area contributed by atoms with Gasteiger partial charge in [0, 0.05) is 23.0 Å². The number of hydrogen-bond donors (Lipinski definition) is 2. The molecule has 2 aromatic rings. The molecule has 0 spiro atoms. The molecule has 0 saturated heterocycles. The minimum absolute atomic E-state index is 0.154. The van der Waals surface area contributed by atoms with Gasteiger partial charge in [0.1, 0.15) is 5.82 Å². The third kappa shape index (κ3) is 2.54. The predicted octanol–water partition coefficient (Wildman–Crippen LogP) is 2.86. The lowest BCUT2D eigenvalue weighted by molar-refractivity contribution is 0.0938. The zero-order valence-electron chi connectivity index (χ0n) is 10.2. The van der Waals surface area contributed by atoms with Crippen molar-refractivity contribution in [2.45, 2.75) is 19.9 Å². The molecule has 5 heteroatoms. The van der Waals surface area contributed by atoms with Gasteiger partial charge in [-0.25, -0.2) is 4.98 Å². The maximum absolute atomic E-state index is 12.1. The van der Waals surface area contributed by atoms with E-state index in [2.05, 4.69) is 15.3 Å². The van der Waals surface area contributed by atoms with Gasteiger partial charge in [-0.3, -0.25) is 4.79 Å². The number of amides is 1. The summed E-state index contributed by atoms with van der Waals surface area (Å²) in [4.78, 5) is 19.2. The second-order valence-corrected chi connectivity index (χ2v) is 4.49. The molecule has 18 heavy (non-hydrogen) atoms. The fraction of sp³-hybridized carbons (Fsp3) is 0.231. The molecule has 1 aromatic carbocycles. The lowest BCUT2D eigenvalue weighted by Gasteiger charge is -2.13. The third-order valence-corrected chi connectivity index (χ3v) is 3.20. The van der Waals surface area contributed by atoms with E-state index in [-0.39, 0.29) is 11.9 Å². The molecule has 94 valence electrons. The minimum Gasteiger partial charge on any atom is -0.347 e. The average molecular weight is 264 g/mol. The van der Waals surface area contributed by atoms with Crippen LogP contribution >= 0.6 is 11.6 Å². The van der Waals surface area contributed by atoms with E-state index >= 15 is 0 Å². The summed E-state index contributed by atoms with van der Waals surface area (Å²) in [6, 6.07) is 5.11. The first-order valence-corrected chi connectivity index (χ1v) is 6.02. The fourth-order valence-electron chi connectivity index (χ4n) is 1.71. The Balaban J connectivity index is 2.15. The number of carbonyl (C=O) groups is 1. The highest BCUT2D eigenvalue weighted by molar-refractivity contribution is 6.31. The summed E-state index contributed by atoms with van der Waals surface area (Å²) < 4.78 is 0. The number of benzene rings is 1. The highest BCUT2D eigenvalue weighted by atomic mass is 35.5. The van der Waals surface area contributed by atoms with Crippen molar-refractivity contribution in [1.29, 1.82) is 0 Å². The van der Waals surface area contributed by atoms with Crippen LogP contribution in [0.2, 0.25) is 5.02 Å². The van der Waals surface area contributed by atoms with E-state index < -0.39 is 0 Å². The maximum atomic E-state index is 12.1. The van der Waals surface area contributed by atoms with Crippen molar-refractivity contribution < 1.29 is 4.79 Å². The smallest absolute Gasteiger partial charge is 0.252 e. The van der Waals surface area contributed by atoms with Crippen LogP contribution in [0.1, 0.15) is 34.7 Å². The number of nitrogens with zero attached hydrogens (tertiary/aromatic N) is 1. The number of aromatic nitrogens is 2. The molecule has 0 fully saturated rings. The molecular formula is C13H14ClN3O. The summed E-state index contributed by atoms with van der Waals surface area (Å²) in [6.45, 7) is 3.70. The van der Waals surface area contributed by atoms with Gasteiger partial charge < -0.3 is 10.3 Å². The van der Waals surface area contributed by atoms with Crippen molar-refractivity contribution in [2.75, 3.05) is 0 Å². The molecular weight excluding hydrogens is 250 g/mol. The zero-order chi connectivity index (χ0) is 13.1. The summed E-state index contributed by atoms with van der Waals surface area (Å²) in [5.74, 6) is 0.571. The van der Waals surface area contributed by atoms with E-state index in [0.29, 0.717) is 10.6 Å². The van der Waals surface area contributed by atoms with Gasteiger partial charge >= 0.3 is 0 Å². The van der Waals surface area contributed by atoms with Gasteiger partial charge in [-0.1, -0.05) is 17.7 Å². The second kappa shape index (κ2) is 5.23. The highest BCUT2D eigenvalue weighted by Gasteiger charge is 2.15. The van der Waals surface area contributed by atoms with Crippen LogP contribution in [-0.2, 0) is 0 Å². The Morgan fingerprint density at radius 1 is 1.50 bits per heavy atom. The molecule has 0 saturated carbocycles. The molecule has 4 nitrogen and oxygen atoms in total. The number of nitrogens with one attached hydrogen (secondary N) is 2. The van der Waals surface area contributed by atoms with Crippen LogP contribution in [0.5, 0.6) is 0 Å². The molecule has 0 aliphatic rings. The van der Waals surface area contributed by atoms with Crippen molar-refractivity contribution in [3.05, 3.63) is 52.6 Å². The zero-order valence-corrected chi connectivity index (χ0v) is 11.0. The first-order chi connectivity index (χ1) is 8.59. The molecule has 1 amide bonds. The van der Waals surface area contributed by atoms with Crippen LogP contribution in [0.3, 0.4) is 0 Å². The first-order valence-electron chi connectivity index (χ1n) is 5.65. The van der Waals surface area contributed by atoms with Gasteiger partial charge in [0.05, 0.1) is 6.04 Å². The molecule has 1 heterocycles. The SMILES string of the molecule is Cc1c(Cl)cccc1C(=O)NC(C)c1ncc[nH]1. The summed E-state index contributed by atoms with van der Waals surface area (Å²) in [6.07, 6.45) is 3.38. The largest absolute Gasteiger partial charge is 0.347 e. The lowest BCUT2D eigenvalue weighted by Crippen LogP contribution is -2.28. The Morgan fingerprint density at radius 3 is 2.94 bits per heavy atom. The number of H-pyrrole nitrogens is 1. The van der Waals surface area contributed by atoms with Crippen LogP contribution in [0.4, 0.5) is 0 Å². The van der Waals surface area contributed by atoms with Crippen molar-refractivity contribution in [3.63, 3.8) is 0 Å². The van der Waals surface area contributed by atoms with E-state index in [4.69, 9.17) is 11.6 Å².